The number of nitrogens with zero attached hydrogens (tertiary/aromatic N) is 1. The quantitative estimate of drug-likeness (QED) is 0.489. The summed E-state index contributed by atoms with van der Waals surface area (Å²) in [5, 5.41) is 4.07. The molecule has 0 aliphatic heterocycles. The number of methoxy groups -OCH3 is 1. The van der Waals surface area contributed by atoms with E-state index in [9.17, 15) is 22.8 Å². The first-order valence-corrected chi connectivity index (χ1v) is 9.61. The molecule has 0 saturated carbocycles. The Hall–Kier alpha value is -3.79. The number of pyridine rings is 1. The molecule has 0 fully saturated rings. The Morgan fingerprint density at radius 1 is 1.03 bits per heavy atom. The summed E-state index contributed by atoms with van der Waals surface area (Å²) >= 11 is 5.35. The first-order chi connectivity index (χ1) is 15.6. The maximum absolute atomic E-state index is 12.3. The van der Waals surface area contributed by atoms with Crippen LogP contribution >= 0.6 is 11.6 Å². The Balaban J connectivity index is 0.000000268. The van der Waals surface area contributed by atoms with Crippen molar-refractivity contribution < 1.29 is 27.5 Å². The summed E-state index contributed by atoms with van der Waals surface area (Å²) in [5.41, 5.74) is 4.04. The number of urea groups is 1. The zero-order valence-corrected chi connectivity index (χ0v) is 18.4. The average Bonchev–Trinajstić information content (AvgIpc) is 2.80. The number of benzene rings is 2. The van der Waals surface area contributed by atoms with E-state index >= 15 is 0 Å². The van der Waals surface area contributed by atoms with Gasteiger partial charge in [-0.25, -0.2) is 4.79 Å². The number of halogens is 4. The molecule has 3 amide bonds. The van der Waals surface area contributed by atoms with Gasteiger partial charge in [-0.05, 0) is 24.3 Å². The topological polar surface area (TPSA) is 106 Å². The van der Waals surface area contributed by atoms with Crippen LogP contribution in [0.5, 0.6) is 5.75 Å². The normalized spacial score (nSPS) is 9.88. The molecule has 3 aromatic rings. The van der Waals surface area contributed by atoms with E-state index in [1.165, 1.54) is 12.3 Å². The van der Waals surface area contributed by atoms with Crippen molar-refractivity contribution in [3.8, 4) is 5.75 Å². The SMILES string of the molecule is CNC(=O)c1cc(OC)ccn1.NC(=O)Nc1ccc(Cl)c(C(F)(F)F)c1.c1ccccc1. The number of nitrogens with two attached hydrogens (primary N) is 1. The van der Waals surface area contributed by atoms with Crippen LogP contribution < -0.4 is 21.1 Å². The largest absolute Gasteiger partial charge is 0.497 e. The maximum Gasteiger partial charge on any atom is 0.417 e. The van der Waals surface area contributed by atoms with E-state index in [2.05, 4.69) is 10.3 Å². The number of nitrogens with one attached hydrogen (secondary N) is 2. The molecule has 0 aliphatic carbocycles. The fourth-order valence-electron chi connectivity index (χ4n) is 2.14. The van der Waals surface area contributed by atoms with E-state index in [-0.39, 0.29) is 11.6 Å². The minimum Gasteiger partial charge on any atom is -0.497 e. The zero-order valence-electron chi connectivity index (χ0n) is 17.7. The number of carbonyl (C=O) groups is 2. The molecule has 0 spiro atoms. The lowest BCUT2D eigenvalue weighted by atomic mass is 10.2. The van der Waals surface area contributed by atoms with Crippen molar-refractivity contribution in [3.63, 3.8) is 0 Å². The number of primary amides is 1. The number of aromatic nitrogens is 1. The van der Waals surface area contributed by atoms with E-state index in [1.54, 1.807) is 26.3 Å². The average molecular weight is 483 g/mol. The van der Waals surface area contributed by atoms with Crippen molar-refractivity contribution in [2.75, 3.05) is 19.5 Å². The Kier molecular flexibility index (Phi) is 11.2. The first-order valence-electron chi connectivity index (χ1n) is 9.23. The van der Waals surface area contributed by atoms with Crippen LogP contribution in [0.2, 0.25) is 5.02 Å². The summed E-state index contributed by atoms with van der Waals surface area (Å²) in [6.45, 7) is 0. The zero-order chi connectivity index (χ0) is 24.9. The molecule has 11 heteroatoms. The van der Waals surface area contributed by atoms with Crippen LogP contribution in [-0.2, 0) is 6.18 Å². The van der Waals surface area contributed by atoms with Gasteiger partial charge in [0.05, 0.1) is 17.7 Å². The molecular weight excluding hydrogens is 461 g/mol. The minimum atomic E-state index is -4.56. The second kappa shape index (κ2) is 13.6. The van der Waals surface area contributed by atoms with Crippen LogP contribution in [0, 0.1) is 0 Å². The number of ether oxygens (including phenoxy) is 1. The molecule has 0 bridgehead atoms. The van der Waals surface area contributed by atoms with E-state index in [0.29, 0.717) is 17.5 Å². The molecule has 1 aromatic heterocycles. The summed E-state index contributed by atoms with van der Waals surface area (Å²) in [4.78, 5) is 25.3. The highest BCUT2D eigenvalue weighted by molar-refractivity contribution is 6.31. The van der Waals surface area contributed by atoms with Gasteiger partial charge in [-0.15, -0.1) is 0 Å². The van der Waals surface area contributed by atoms with Gasteiger partial charge >= 0.3 is 12.2 Å². The van der Waals surface area contributed by atoms with Gasteiger partial charge in [0.15, 0.2) is 0 Å². The van der Waals surface area contributed by atoms with Gasteiger partial charge in [-0.3, -0.25) is 9.78 Å². The van der Waals surface area contributed by atoms with Crippen LogP contribution in [0.4, 0.5) is 23.7 Å². The van der Waals surface area contributed by atoms with Gasteiger partial charge in [-0.1, -0.05) is 48.0 Å². The van der Waals surface area contributed by atoms with Gasteiger partial charge in [0.2, 0.25) is 0 Å². The Morgan fingerprint density at radius 2 is 1.61 bits per heavy atom. The number of rotatable bonds is 3. The standard InChI is InChI=1S/C8H6ClF3N2O.C8H10N2O2.C6H6/c9-6-2-1-4(14-7(13)15)3-5(6)8(10,11)12;1-9-8(11)7-5-6(12-2)3-4-10-7;1-2-4-6-5-3-1/h1-3H,(H3,13,14,15);3-5H,1-2H3,(H,9,11);1-6H. The molecule has 1 heterocycles. The number of hydrogen-bond donors (Lipinski definition) is 3. The molecule has 4 N–H and O–H groups in total. The summed E-state index contributed by atoms with van der Waals surface area (Å²) in [5.74, 6) is 0.414. The maximum atomic E-state index is 12.3. The van der Waals surface area contributed by atoms with E-state index in [1.807, 2.05) is 41.7 Å². The minimum absolute atomic E-state index is 0.0563. The molecule has 0 aliphatic rings. The monoisotopic (exact) mass is 482 g/mol. The van der Waals surface area contributed by atoms with E-state index in [4.69, 9.17) is 22.1 Å². The molecule has 2 aromatic carbocycles. The Morgan fingerprint density at radius 3 is 2.06 bits per heavy atom. The number of anilines is 1. The lowest BCUT2D eigenvalue weighted by Gasteiger charge is -2.10. The molecule has 0 radical (unpaired) electrons. The van der Waals surface area contributed by atoms with Crippen molar-refractivity contribution in [2.24, 2.45) is 5.73 Å². The van der Waals surface area contributed by atoms with E-state index < -0.39 is 22.8 Å². The predicted molar refractivity (Wildman–Crippen MR) is 120 cm³/mol. The van der Waals surface area contributed by atoms with Gasteiger partial charge in [0.1, 0.15) is 11.4 Å². The highest BCUT2D eigenvalue weighted by Crippen LogP contribution is 2.36. The summed E-state index contributed by atoms with van der Waals surface area (Å²) in [6.07, 6.45) is -3.03. The molecule has 0 atom stereocenters. The highest BCUT2D eigenvalue weighted by atomic mass is 35.5. The molecular formula is C22H22ClF3N4O3. The third-order valence-electron chi connectivity index (χ3n) is 3.63. The second-order valence-corrected chi connectivity index (χ2v) is 6.40. The van der Waals surface area contributed by atoms with E-state index in [0.717, 1.165) is 6.07 Å². The third kappa shape index (κ3) is 10.4. The van der Waals surface area contributed by atoms with Crippen LogP contribution in [0.3, 0.4) is 0 Å². The van der Waals surface area contributed by atoms with Crippen molar-refractivity contribution in [3.05, 3.63) is 89.2 Å². The Labute approximate surface area is 193 Å². The number of alkyl halides is 3. The van der Waals surface area contributed by atoms with Crippen molar-refractivity contribution in [1.82, 2.24) is 10.3 Å². The van der Waals surface area contributed by atoms with Crippen molar-refractivity contribution in [1.29, 1.82) is 0 Å². The van der Waals surface area contributed by atoms with Crippen molar-refractivity contribution in [2.45, 2.75) is 6.18 Å². The van der Waals surface area contributed by atoms with Gasteiger partial charge in [-0.2, -0.15) is 13.2 Å². The number of amides is 3. The molecule has 7 nitrogen and oxygen atoms in total. The lowest BCUT2D eigenvalue weighted by Crippen LogP contribution is -2.19. The molecule has 0 saturated heterocycles. The lowest BCUT2D eigenvalue weighted by molar-refractivity contribution is -0.137. The van der Waals surface area contributed by atoms with Crippen LogP contribution in [-0.4, -0.2) is 31.1 Å². The van der Waals surface area contributed by atoms with Gasteiger partial charge in [0, 0.05) is 25.0 Å². The summed E-state index contributed by atoms with van der Waals surface area (Å²) < 4.78 is 41.9. The number of hydrogen-bond acceptors (Lipinski definition) is 4. The third-order valence-corrected chi connectivity index (χ3v) is 3.96. The van der Waals surface area contributed by atoms with Crippen molar-refractivity contribution >= 4 is 29.2 Å². The van der Waals surface area contributed by atoms with Gasteiger partial charge in [0.25, 0.3) is 5.91 Å². The number of carbonyl (C=O) groups excluding carboxylic acids is 2. The summed E-state index contributed by atoms with van der Waals surface area (Å²) in [7, 11) is 3.10. The van der Waals surface area contributed by atoms with Gasteiger partial charge < -0.3 is 21.1 Å². The second-order valence-electron chi connectivity index (χ2n) is 6.00. The smallest absolute Gasteiger partial charge is 0.417 e. The fourth-order valence-corrected chi connectivity index (χ4v) is 2.36. The predicted octanol–water partition coefficient (Wildman–Crippen LogP) is 4.99. The molecule has 33 heavy (non-hydrogen) atoms. The van der Waals surface area contributed by atoms with Crippen LogP contribution in [0.1, 0.15) is 16.1 Å². The first kappa shape index (κ1) is 27.2. The summed E-state index contributed by atoms with van der Waals surface area (Å²) in [6, 6.07) is 17.3. The molecule has 0 unspecified atom stereocenters. The molecule has 3 rings (SSSR count). The van der Waals surface area contributed by atoms with Crippen LogP contribution in [0.25, 0.3) is 0 Å². The van der Waals surface area contributed by atoms with Crippen LogP contribution in [0.15, 0.2) is 72.9 Å². The fraction of sp³-hybridized carbons (Fsp3) is 0.136. The molecule has 176 valence electrons. The highest BCUT2D eigenvalue weighted by Gasteiger charge is 2.33. The Bertz CT molecular complexity index is 1010.